The van der Waals surface area contributed by atoms with Crippen LogP contribution < -0.4 is 10.0 Å². The van der Waals surface area contributed by atoms with Crippen molar-refractivity contribution in [2.75, 3.05) is 11.9 Å². The summed E-state index contributed by atoms with van der Waals surface area (Å²) < 4.78 is 52.4. The van der Waals surface area contributed by atoms with Crippen LogP contribution in [0.25, 0.3) is 11.4 Å². The van der Waals surface area contributed by atoms with Crippen molar-refractivity contribution in [3.05, 3.63) is 72.6 Å². The van der Waals surface area contributed by atoms with E-state index in [2.05, 4.69) is 20.0 Å². The lowest BCUT2D eigenvalue weighted by Crippen LogP contribution is -2.28. The molecule has 0 bridgehead atoms. The smallest absolute Gasteiger partial charge is 0.240 e. The molecule has 3 aromatic rings. The van der Waals surface area contributed by atoms with E-state index in [-0.39, 0.29) is 13.0 Å². The number of nitrogens with one attached hydrogen (secondary N) is 2. The van der Waals surface area contributed by atoms with E-state index < -0.39 is 32.5 Å². The van der Waals surface area contributed by atoms with E-state index in [1.165, 1.54) is 12.4 Å². The minimum absolute atomic E-state index is 0.177. The maximum Gasteiger partial charge on any atom is 0.240 e. The zero-order valence-corrected chi connectivity index (χ0v) is 15.8. The van der Waals surface area contributed by atoms with Crippen molar-refractivity contribution in [3.8, 4) is 11.4 Å². The maximum atomic E-state index is 13.2. The number of hydrogen-bond acceptors (Lipinski definition) is 5. The fourth-order valence-corrected chi connectivity index (χ4v) is 3.42. The average Bonchev–Trinajstić information content (AvgIpc) is 2.71. The quantitative estimate of drug-likeness (QED) is 0.614. The molecule has 10 heteroatoms. The molecule has 7 nitrogen and oxygen atoms in total. The summed E-state index contributed by atoms with van der Waals surface area (Å²) in [6.07, 6.45) is 2.71. The van der Waals surface area contributed by atoms with Crippen molar-refractivity contribution in [2.45, 2.75) is 11.3 Å². The van der Waals surface area contributed by atoms with Crippen LogP contribution in [0.4, 0.5) is 14.5 Å². The molecule has 1 heterocycles. The van der Waals surface area contributed by atoms with Gasteiger partial charge in [0.2, 0.25) is 15.9 Å². The number of carbonyl (C=O) groups excluding carboxylic acids is 1. The van der Waals surface area contributed by atoms with E-state index >= 15 is 0 Å². The van der Waals surface area contributed by atoms with Crippen LogP contribution in [0.5, 0.6) is 0 Å². The van der Waals surface area contributed by atoms with Crippen molar-refractivity contribution in [2.24, 2.45) is 0 Å². The number of hydrogen-bond donors (Lipinski definition) is 2. The van der Waals surface area contributed by atoms with E-state index in [0.717, 1.165) is 17.7 Å². The summed E-state index contributed by atoms with van der Waals surface area (Å²) in [5.41, 5.74) is 1.19. The number of amides is 1. The van der Waals surface area contributed by atoms with Crippen LogP contribution in [0, 0.1) is 11.6 Å². The van der Waals surface area contributed by atoms with Gasteiger partial charge in [-0.05, 0) is 18.2 Å². The highest BCUT2D eigenvalue weighted by Gasteiger charge is 2.16. The highest BCUT2D eigenvalue weighted by atomic mass is 32.2. The van der Waals surface area contributed by atoms with Gasteiger partial charge in [0.1, 0.15) is 0 Å². The highest BCUT2D eigenvalue weighted by molar-refractivity contribution is 7.89. The minimum Gasteiger partial charge on any atom is -0.323 e. The lowest BCUT2D eigenvalue weighted by atomic mass is 10.2. The first-order valence-corrected chi connectivity index (χ1v) is 9.95. The van der Waals surface area contributed by atoms with Gasteiger partial charge in [-0.1, -0.05) is 30.3 Å². The van der Waals surface area contributed by atoms with Crippen molar-refractivity contribution < 1.29 is 22.0 Å². The number of benzene rings is 2. The van der Waals surface area contributed by atoms with Gasteiger partial charge < -0.3 is 5.32 Å². The van der Waals surface area contributed by atoms with Gasteiger partial charge in [0.15, 0.2) is 17.5 Å². The second kappa shape index (κ2) is 8.84. The highest BCUT2D eigenvalue weighted by Crippen LogP contribution is 2.15. The zero-order valence-electron chi connectivity index (χ0n) is 15.0. The predicted octanol–water partition coefficient (Wildman–Crippen LogP) is 2.73. The van der Waals surface area contributed by atoms with Gasteiger partial charge in [0.05, 0.1) is 23.0 Å². The van der Waals surface area contributed by atoms with Gasteiger partial charge in [-0.3, -0.25) is 4.79 Å². The summed E-state index contributed by atoms with van der Waals surface area (Å²) in [6.45, 7) is -0.226. The summed E-state index contributed by atoms with van der Waals surface area (Å²) in [7, 11) is -4.07. The van der Waals surface area contributed by atoms with Crippen LogP contribution in [-0.4, -0.2) is 30.8 Å². The second-order valence-corrected chi connectivity index (χ2v) is 7.70. The number of rotatable bonds is 7. The molecule has 0 unspecified atom stereocenters. The van der Waals surface area contributed by atoms with Crippen molar-refractivity contribution >= 4 is 21.6 Å². The van der Waals surface area contributed by atoms with E-state index in [1.54, 1.807) is 0 Å². The standard InChI is InChI=1S/C19H16F2N4O3S/c20-16-7-6-15(10-17(16)21)29(27,28)24-9-8-18(26)25-14-11-22-19(23-12-14)13-4-2-1-3-5-13/h1-7,10-12,24H,8-9H2,(H,25,26). The van der Waals surface area contributed by atoms with E-state index in [0.29, 0.717) is 17.6 Å². The zero-order chi connectivity index (χ0) is 20.9. The number of anilines is 1. The number of aromatic nitrogens is 2. The molecule has 0 aliphatic heterocycles. The monoisotopic (exact) mass is 418 g/mol. The Bertz CT molecular complexity index is 1110. The van der Waals surface area contributed by atoms with E-state index in [4.69, 9.17) is 0 Å². The third-order valence-electron chi connectivity index (χ3n) is 3.81. The van der Waals surface area contributed by atoms with Gasteiger partial charge in [-0.2, -0.15) is 0 Å². The summed E-state index contributed by atoms with van der Waals surface area (Å²) in [4.78, 5) is 19.9. The fraction of sp³-hybridized carbons (Fsp3) is 0.105. The Kier molecular flexibility index (Phi) is 6.25. The van der Waals surface area contributed by atoms with Gasteiger partial charge in [0.25, 0.3) is 0 Å². The average molecular weight is 418 g/mol. The molecule has 29 heavy (non-hydrogen) atoms. The van der Waals surface area contributed by atoms with Crippen LogP contribution in [0.3, 0.4) is 0 Å². The summed E-state index contributed by atoms with van der Waals surface area (Å²) in [6, 6.07) is 11.5. The molecular formula is C19H16F2N4O3S. The van der Waals surface area contributed by atoms with Crippen molar-refractivity contribution in [1.82, 2.24) is 14.7 Å². The Balaban J connectivity index is 1.52. The van der Waals surface area contributed by atoms with Crippen LogP contribution in [0.15, 0.2) is 65.8 Å². The number of halogens is 2. The molecule has 1 amide bonds. The molecule has 0 saturated heterocycles. The van der Waals surface area contributed by atoms with Crippen molar-refractivity contribution in [1.29, 1.82) is 0 Å². The van der Waals surface area contributed by atoms with Crippen LogP contribution in [0.1, 0.15) is 6.42 Å². The molecular weight excluding hydrogens is 402 g/mol. The lowest BCUT2D eigenvalue weighted by molar-refractivity contribution is -0.116. The lowest BCUT2D eigenvalue weighted by Gasteiger charge is -2.08. The summed E-state index contributed by atoms with van der Waals surface area (Å²) in [5.74, 6) is -2.38. The summed E-state index contributed by atoms with van der Waals surface area (Å²) in [5, 5.41) is 2.55. The van der Waals surface area contributed by atoms with E-state index in [9.17, 15) is 22.0 Å². The normalized spacial score (nSPS) is 11.2. The first-order chi connectivity index (χ1) is 13.8. The molecule has 0 radical (unpaired) electrons. The molecule has 0 saturated carbocycles. The van der Waals surface area contributed by atoms with E-state index in [1.807, 2.05) is 30.3 Å². The molecule has 2 N–H and O–H groups in total. The van der Waals surface area contributed by atoms with Gasteiger partial charge in [-0.25, -0.2) is 31.9 Å². The number of carbonyl (C=O) groups is 1. The summed E-state index contributed by atoms with van der Waals surface area (Å²) >= 11 is 0. The SMILES string of the molecule is O=C(CCNS(=O)(=O)c1ccc(F)c(F)c1)Nc1cnc(-c2ccccc2)nc1. The third-order valence-corrected chi connectivity index (χ3v) is 5.27. The Hall–Kier alpha value is -3.24. The minimum atomic E-state index is -4.07. The molecule has 0 aliphatic carbocycles. The molecule has 2 aromatic carbocycles. The molecule has 150 valence electrons. The number of nitrogens with zero attached hydrogens (tertiary/aromatic N) is 2. The Morgan fingerprint density at radius 1 is 0.966 bits per heavy atom. The molecule has 0 aliphatic rings. The first kappa shape index (κ1) is 20.5. The van der Waals surface area contributed by atoms with Crippen LogP contribution in [-0.2, 0) is 14.8 Å². The van der Waals surface area contributed by atoms with Gasteiger partial charge >= 0.3 is 0 Å². The molecule has 0 atom stereocenters. The topological polar surface area (TPSA) is 101 Å². The molecule has 0 spiro atoms. The van der Waals surface area contributed by atoms with Gasteiger partial charge in [0, 0.05) is 18.5 Å². The maximum absolute atomic E-state index is 13.2. The fourth-order valence-electron chi connectivity index (χ4n) is 2.38. The largest absolute Gasteiger partial charge is 0.323 e. The third kappa shape index (κ3) is 5.39. The predicted molar refractivity (Wildman–Crippen MR) is 102 cm³/mol. The first-order valence-electron chi connectivity index (χ1n) is 8.47. The van der Waals surface area contributed by atoms with Crippen LogP contribution >= 0.6 is 0 Å². The van der Waals surface area contributed by atoms with Crippen LogP contribution in [0.2, 0.25) is 0 Å². The van der Waals surface area contributed by atoms with Gasteiger partial charge in [-0.15, -0.1) is 0 Å². The Morgan fingerprint density at radius 2 is 1.66 bits per heavy atom. The second-order valence-electron chi connectivity index (χ2n) is 5.93. The molecule has 0 fully saturated rings. The number of sulfonamides is 1. The Morgan fingerprint density at radius 3 is 2.31 bits per heavy atom. The molecule has 3 rings (SSSR count). The van der Waals surface area contributed by atoms with Crippen molar-refractivity contribution in [3.63, 3.8) is 0 Å². The Labute approximate surface area is 165 Å². The molecule has 1 aromatic heterocycles.